The molecule has 1 fully saturated rings. The van der Waals surface area contributed by atoms with Gasteiger partial charge in [0.1, 0.15) is 0 Å². The summed E-state index contributed by atoms with van der Waals surface area (Å²) in [4.78, 5) is 0. The quantitative estimate of drug-likeness (QED) is 0.823. The standard InChI is InChI=1S/C12H16O3/c1-3-15-11-9(12(13)7-8-12)5-4-6-10(11)14-2/h4-6,13H,3,7-8H2,1-2H3. The molecule has 0 unspecified atom stereocenters. The van der Waals surface area contributed by atoms with E-state index >= 15 is 0 Å². The van der Waals surface area contributed by atoms with Crippen LogP contribution in [-0.2, 0) is 5.60 Å². The fraction of sp³-hybridized carbons (Fsp3) is 0.500. The van der Waals surface area contributed by atoms with Crippen molar-refractivity contribution in [3.63, 3.8) is 0 Å². The minimum atomic E-state index is -0.682. The largest absolute Gasteiger partial charge is 0.493 e. The molecule has 1 aromatic rings. The van der Waals surface area contributed by atoms with Gasteiger partial charge in [-0.2, -0.15) is 0 Å². The van der Waals surface area contributed by atoms with E-state index in [1.54, 1.807) is 7.11 Å². The van der Waals surface area contributed by atoms with Gasteiger partial charge in [-0.05, 0) is 25.8 Å². The first-order valence-corrected chi connectivity index (χ1v) is 5.24. The predicted molar refractivity (Wildman–Crippen MR) is 57.3 cm³/mol. The fourth-order valence-electron chi connectivity index (χ4n) is 1.72. The molecule has 0 aliphatic heterocycles. The summed E-state index contributed by atoms with van der Waals surface area (Å²) in [6.45, 7) is 2.50. The zero-order valence-electron chi connectivity index (χ0n) is 9.12. The number of hydrogen-bond acceptors (Lipinski definition) is 3. The summed E-state index contributed by atoms with van der Waals surface area (Å²) in [6.07, 6.45) is 1.61. The molecule has 0 spiro atoms. The van der Waals surface area contributed by atoms with Crippen molar-refractivity contribution in [1.29, 1.82) is 0 Å². The van der Waals surface area contributed by atoms with E-state index < -0.39 is 5.60 Å². The van der Waals surface area contributed by atoms with Crippen molar-refractivity contribution < 1.29 is 14.6 Å². The monoisotopic (exact) mass is 208 g/mol. The molecule has 1 N–H and O–H groups in total. The summed E-state index contributed by atoms with van der Waals surface area (Å²) in [5.41, 5.74) is 0.169. The van der Waals surface area contributed by atoms with Crippen molar-refractivity contribution in [2.45, 2.75) is 25.4 Å². The third-order valence-electron chi connectivity index (χ3n) is 2.71. The van der Waals surface area contributed by atoms with E-state index in [0.717, 1.165) is 18.4 Å². The van der Waals surface area contributed by atoms with Crippen LogP contribution in [0.3, 0.4) is 0 Å². The maximum Gasteiger partial charge on any atom is 0.167 e. The van der Waals surface area contributed by atoms with Crippen LogP contribution >= 0.6 is 0 Å². The van der Waals surface area contributed by atoms with Gasteiger partial charge in [0, 0.05) is 5.56 Å². The lowest BCUT2D eigenvalue weighted by Crippen LogP contribution is -2.08. The summed E-state index contributed by atoms with van der Waals surface area (Å²) < 4.78 is 10.8. The van der Waals surface area contributed by atoms with Crippen molar-refractivity contribution in [3.8, 4) is 11.5 Å². The number of methoxy groups -OCH3 is 1. The zero-order valence-corrected chi connectivity index (χ0v) is 9.12. The molecule has 0 aromatic heterocycles. The molecule has 0 saturated heterocycles. The van der Waals surface area contributed by atoms with Gasteiger partial charge in [-0.15, -0.1) is 0 Å². The van der Waals surface area contributed by atoms with E-state index in [1.165, 1.54) is 0 Å². The van der Waals surface area contributed by atoms with Crippen LogP contribution < -0.4 is 9.47 Å². The first-order chi connectivity index (χ1) is 7.21. The number of para-hydroxylation sites is 1. The first-order valence-electron chi connectivity index (χ1n) is 5.24. The Morgan fingerprint density at radius 2 is 2.13 bits per heavy atom. The van der Waals surface area contributed by atoms with E-state index in [1.807, 2.05) is 25.1 Å². The van der Waals surface area contributed by atoms with Gasteiger partial charge in [0.15, 0.2) is 11.5 Å². The summed E-state index contributed by atoms with van der Waals surface area (Å²) in [7, 11) is 1.61. The highest BCUT2D eigenvalue weighted by Crippen LogP contribution is 2.50. The van der Waals surface area contributed by atoms with Crippen molar-refractivity contribution in [2.75, 3.05) is 13.7 Å². The highest BCUT2D eigenvalue weighted by Gasteiger charge is 2.44. The third-order valence-corrected chi connectivity index (χ3v) is 2.71. The Bertz CT molecular complexity index is 356. The second-order valence-electron chi connectivity index (χ2n) is 3.80. The second kappa shape index (κ2) is 3.74. The van der Waals surface area contributed by atoms with Crippen LogP contribution in [0, 0.1) is 0 Å². The molecule has 0 amide bonds. The maximum atomic E-state index is 10.1. The maximum absolute atomic E-state index is 10.1. The molecule has 0 heterocycles. The van der Waals surface area contributed by atoms with Gasteiger partial charge in [0.2, 0.25) is 0 Å². The SMILES string of the molecule is CCOc1c(OC)cccc1C1(O)CC1. The lowest BCUT2D eigenvalue weighted by Gasteiger charge is -2.17. The Morgan fingerprint density at radius 1 is 1.40 bits per heavy atom. The molecule has 82 valence electrons. The predicted octanol–water partition coefficient (Wildman–Crippen LogP) is 2.08. The Kier molecular flexibility index (Phi) is 2.57. The molecule has 3 heteroatoms. The van der Waals surface area contributed by atoms with Crippen LogP contribution in [0.25, 0.3) is 0 Å². The molecule has 0 bridgehead atoms. The second-order valence-corrected chi connectivity index (χ2v) is 3.80. The summed E-state index contributed by atoms with van der Waals surface area (Å²) >= 11 is 0. The van der Waals surface area contributed by atoms with Gasteiger partial charge in [-0.1, -0.05) is 12.1 Å². The van der Waals surface area contributed by atoms with Crippen molar-refractivity contribution in [1.82, 2.24) is 0 Å². The van der Waals surface area contributed by atoms with Crippen LogP contribution in [0.1, 0.15) is 25.3 Å². The van der Waals surface area contributed by atoms with Crippen molar-refractivity contribution in [3.05, 3.63) is 23.8 Å². The van der Waals surface area contributed by atoms with Crippen LogP contribution in [0.4, 0.5) is 0 Å². The highest BCUT2D eigenvalue weighted by atomic mass is 16.5. The topological polar surface area (TPSA) is 38.7 Å². The molecule has 0 radical (unpaired) electrons. The molecule has 0 atom stereocenters. The zero-order chi connectivity index (χ0) is 10.9. The molecule has 1 aromatic carbocycles. The molecule has 1 aliphatic carbocycles. The number of hydrogen-bond donors (Lipinski definition) is 1. The number of benzene rings is 1. The fourth-order valence-corrected chi connectivity index (χ4v) is 1.72. The molecule has 3 nitrogen and oxygen atoms in total. The molecule has 2 rings (SSSR count). The summed E-state index contributed by atoms with van der Waals surface area (Å²) in [5.74, 6) is 1.37. The average Bonchev–Trinajstić information content (AvgIpc) is 2.98. The first kappa shape index (κ1) is 10.3. The van der Waals surface area contributed by atoms with E-state index in [4.69, 9.17) is 9.47 Å². The Hall–Kier alpha value is -1.22. The average molecular weight is 208 g/mol. The molecule has 1 aliphatic rings. The Morgan fingerprint density at radius 3 is 2.67 bits per heavy atom. The van der Waals surface area contributed by atoms with Crippen LogP contribution in [0.2, 0.25) is 0 Å². The van der Waals surface area contributed by atoms with Gasteiger partial charge >= 0.3 is 0 Å². The summed E-state index contributed by atoms with van der Waals surface area (Å²) in [5, 5.41) is 10.1. The highest BCUT2D eigenvalue weighted by molar-refractivity contribution is 5.50. The minimum Gasteiger partial charge on any atom is -0.493 e. The van der Waals surface area contributed by atoms with Crippen LogP contribution in [-0.4, -0.2) is 18.8 Å². The van der Waals surface area contributed by atoms with Crippen LogP contribution in [0.15, 0.2) is 18.2 Å². The Labute approximate surface area is 89.6 Å². The lowest BCUT2D eigenvalue weighted by atomic mass is 10.1. The van der Waals surface area contributed by atoms with E-state index in [0.29, 0.717) is 18.1 Å². The van der Waals surface area contributed by atoms with E-state index in [9.17, 15) is 5.11 Å². The number of rotatable bonds is 4. The normalized spacial score (nSPS) is 17.3. The van der Waals surface area contributed by atoms with Gasteiger partial charge in [0.25, 0.3) is 0 Å². The molecule has 15 heavy (non-hydrogen) atoms. The summed E-state index contributed by atoms with van der Waals surface area (Å²) in [6, 6.07) is 5.63. The lowest BCUT2D eigenvalue weighted by molar-refractivity contribution is 0.145. The van der Waals surface area contributed by atoms with E-state index in [-0.39, 0.29) is 0 Å². The number of aliphatic hydroxyl groups is 1. The van der Waals surface area contributed by atoms with Gasteiger partial charge < -0.3 is 14.6 Å². The molecular formula is C12H16O3. The van der Waals surface area contributed by atoms with Gasteiger partial charge in [0.05, 0.1) is 19.3 Å². The minimum absolute atomic E-state index is 0.573. The Balaban J connectivity index is 2.43. The van der Waals surface area contributed by atoms with Gasteiger partial charge in [-0.3, -0.25) is 0 Å². The van der Waals surface area contributed by atoms with Crippen molar-refractivity contribution >= 4 is 0 Å². The molecule has 1 saturated carbocycles. The third kappa shape index (κ3) is 1.79. The van der Waals surface area contributed by atoms with Crippen LogP contribution in [0.5, 0.6) is 11.5 Å². The van der Waals surface area contributed by atoms with Crippen molar-refractivity contribution in [2.24, 2.45) is 0 Å². The molecular weight excluding hydrogens is 192 g/mol. The van der Waals surface area contributed by atoms with Gasteiger partial charge in [-0.25, -0.2) is 0 Å². The number of ether oxygens (including phenoxy) is 2. The van der Waals surface area contributed by atoms with E-state index in [2.05, 4.69) is 0 Å². The smallest absolute Gasteiger partial charge is 0.167 e.